The summed E-state index contributed by atoms with van der Waals surface area (Å²) in [4.78, 5) is 19.0. The molecule has 3 fully saturated rings. The number of hydrogen-bond donors (Lipinski definition) is 0. The topological polar surface area (TPSA) is 79.8 Å². The minimum absolute atomic E-state index is 0.0379. The summed E-state index contributed by atoms with van der Waals surface area (Å²) in [5.41, 5.74) is 0.192. The molecule has 0 N–H and O–H groups in total. The van der Waals surface area contributed by atoms with Gasteiger partial charge in [0.05, 0.1) is 12.1 Å². The van der Waals surface area contributed by atoms with Crippen LogP contribution in [-0.2, 0) is 14.8 Å². The van der Waals surface area contributed by atoms with Crippen LogP contribution in [0.2, 0.25) is 0 Å². The number of carbonyl (C=O) groups is 1. The molecule has 2 aromatic rings. The number of fused-ring (bicyclic) bond motifs is 1. The Balaban J connectivity index is 1.30. The maximum absolute atomic E-state index is 13.3. The van der Waals surface area contributed by atoms with Crippen molar-refractivity contribution in [2.45, 2.75) is 61.5 Å². The van der Waals surface area contributed by atoms with Gasteiger partial charge >= 0.3 is 6.09 Å². The number of pyridine rings is 1. The van der Waals surface area contributed by atoms with Crippen LogP contribution in [0.1, 0.15) is 44.9 Å². The molecule has 1 amide bonds. The van der Waals surface area contributed by atoms with E-state index in [9.17, 15) is 13.2 Å². The van der Waals surface area contributed by atoms with Gasteiger partial charge in [-0.2, -0.15) is 4.31 Å². The maximum Gasteiger partial charge on any atom is 0.410 e. The molecule has 3 heterocycles. The lowest BCUT2D eigenvalue weighted by molar-refractivity contribution is 0.0259. The molecule has 0 bridgehead atoms. The van der Waals surface area contributed by atoms with E-state index in [0.29, 0.717) is 38.0 Å². The van der Waals surface area contributed by atoms with Crippen LogP contribution in [0, 0.1) is 0 Å². The average molecular weight is 430 g/mol. The van der Waals surface area contributed by atoms with E-state index in [1.165, 1.54) is 10.7 Å². The second-order valence-electron chi connectivity index (χ2n) is 8.71. The molecular formula is C22H27N3O4S. The van der Waals surface area contributed by atoms with Gasteiger partial charge in [0.2, 0.25) is 10.0 Å². The highest BCUT2D eigenvalue weighted by molar-refractivity contribution is 7.89. The molecule has 1 spiro atoms. The Kier molecular flexibility index (Phi) is 4.94. The highest BCUT2D eigenvalue weighted by Gasteiger charge is 2.48. The van der Waals surface area contributed by atoms with Crippen molar-refractivity contribution in [2.75, 3.05) is 19.6 Å². The minimum Gasteiger partial charge on any atom is -0.441 e. The van der Waals surface area contributed by atoms with Crippen molar-refractivity contribution in [2.24, 2.45) is 0 Å². The summed E-state index contributed by atoms with van der Waals surface area (Å²) in [6.45, 7) is 1.44. The monoisotopic (exact) mass is 429 g/mol. The van der Waals surface area contributed by atoms with Crippen LogP contribution >= 0.6 is 0 Å². The van der Waals surface area contributed by atoms with E-state index in [-0.39, 0.29) is 22.6 Å². The van der Waals surface area contributed by atoms with E-state index in [4.69, 9.17) is 4.74 Å². The molecule has 1 aliphatic carbocycles. The Hall–Kier alpha value is -2.19. The smallest absolute Gasteiger partial charge is 0.410 e. The zero-order valence-corrected chi connectivity index (χ0v) is 17.8. The van der Waals surface area contributed by atoms with Gasteiger partial charge in [-0.1, -0.05) is 24.6 Å². The normalized spacial score (nSPS) is 23.2. The quantitative estimate of drug-likeness (QED) is 0.746. The van der Waals surface area contributed by atoms with Crippen LogP contribution < -0.4 is 0 Å². The summed E-state index contributed by atoms with van der Waals surface area (Å²) in [6, 6.07) is 8.96. The van der Waals surface area contributed by atoms with Crippen molar-refractivity contribution in [3.8, 4) is 0 Å². The van der Waals surface area contributed by atoms with Gasteiger partial charge < -0.3 is 9.64 Å². The van der Waals surface area contributed by atoms with E-state index in [1.54, 1.807) is 24.4 Å². The van der Waals surface area contributed by atoms with E-state index < -0.39 is 10.0 Å². The van der Waals surface area contributed by atoms with Gasteiger partial charge in [-0.3, -0.25) is 4.98 Å². The standard InChI is InChI=1S/C22H27N3O4S/c26-21-25(16-22(29-21)11-2-1-3-12-22)18-9-14-24(15-10-18)30(27,28)19-8-4-6-17-7-5-13-23-20(17)19/h4-8,13,18H,1-3,9-12,14-16H2. The van der Waals surface area contributed by atoms with Gasteiger partial charge in [0.25, 0.3) is 0 Å². The lowest BCUT2D eigenvalue weighted by Crippen LogP contribution is -2.48. The first kappa shape index (κ1) is 19.8. The largest absolute Gasteiger partial charge is 0.441 e. The van der Waals surface area contributed by atoms with E-state index >= 15 is 0 Å². The first-order chi connectivity index (χ1) is 14.5. The lowest BCUT2D eigenvalue weighted by atomic mass is 9.84. The number of nitrogens with zero attached hydrogens (tertiary/aromatic N) is 3. The number of rotatable bonds is 3. The van der Waals surface area contributed by atoms with Crippen LogP contribution in [-0.4, -0.2) is 60.0 Å². The van der Waals surface area contributed by atoms with Gasteiger partial charge in [0, 0.05) is 30.7 Å². The van der Waals surface area contributed by atoms with E-state index in [0.717, 1.165) is 31.1 Å². The van der Waals surface area contributed by atoms with Gasteiger partial charge in [-0.05, 0) is 50.7 Å². The Bertz CT molecular complexity index is 1050. The molecular weight excluding hydrogens is 402 g/mol. The molecule has 7 nitrogen and oxygen atoms in total. The Morgan fingerprint density at radius 2 is 1.77 bits per heavy atom. The fourth-order valence-electron chi connectivity index (χ4n) is 5.20. The van der Waals surface area contributed by atoms with Crippen molar-refractivity contribution >= 4 is 27.0 Å². The zero-order chi connectivity index (χ0) is 20.8. The third-order valence-electron chi connectivity index (χ3n) is 6.84. The van der Waals surface area contributed by atoms with Crippen LogP contribution in [0.15, 0.2) is 41.4 Å². The Morgan fingerprint density at radius 1 is 1.03 bits per heavy atom. The minimum atomic E-state index is -3.64. The molecule has 1 aromatic carbocycles. The number of benzene rings is 1. The van der Waals surface area contributed by atoms with Crippen molar-refractivity contribution < 1.29 is 17.9 Å². The predicted octanol–water partition coefficient (Wildman–Crippen LogP) is 3.54. The number of amides is 1. The number of carbonyl (C=O) groups excluding carboxylic acids is 1. The summed E-state index contributed by atoms with van der Waals surface area (Å²) in [6.07, 6.45) is 7.95. The van der Waals surface area contributed by atoms with Crippen LogP contribution in [0.5, 0.6) is 0 Å². The molecule has 0 atom stereocenters. The van der Waals surface area contributed by atoms with Crippen LogP contribution in [0.3, 0.4) is 0 Å². The van der Waals surface area contributed by atoms with Crippen molar-refractivity contribution in [1.82, 2.24) is 14.2 Å². The highest BCUT2D eigenvalue weighted by Crippen LogP contribution is 2.39. The first-order valence-electron chi connectivity index (χ1n) is 10.8. The number of ether oxygens (including phenoxy) is 1. The fourth-order valence-corrected chi connectivity index (χ4v) is 6.84. The van der Waals surface area contributed by atoms with Crippen molar-refractivity contribution in [1.29, 1.82) is 0 Å². The third-order valence-corrected chi connectivity index (χ3v) is 8.77. The first-order valence-corrected chi connectivity index (χ1v) is 12.3. The van der Waals surface area contributed by atoms with Crippen LogP contribution in [0.25, 0.3) is 10.9 Å². The number of hydrogen-bond acceptors (Lipinski definition) is 5. The Morgan fingerprint density at radius 3 is 2.53 bits per heavy atom. The molecule has 2 saturated heterocycles. The number of aromatic nitrogens is 1. The molecule has 0 unspecified atom stereocenters. The second-order valence-corrected chi connectivity index (χ2v) is 10.6. The predicted molar refractivity (Wildman–Crippen MR) is 113 cm³/mol. The summed E-state index contributed by atoms with van der Waals surface area (Å²) < 4.78 is 34.0. The molecule has 1 saturated carbocycles. The molecule has 5 rings (SSSR count). The van der Waals surface area contributed by atoms with Gasteiger partial charge in [0.15, 0.2) is 0 Å². The van der Waals surface area contributed by atoms with E-state index in [2.05, 4.69) is 4.98 Å². The molecule has 30 heavy (non-hydrogen) atoms. The number of sulfonamides is 1. The average Bonchev–Trinajstić information content (AvgIpc) is 3.09. The SMILES string of the molecule is O=C1OC2(CCCCC2)CN1C1CCN(S(=O)(=O)c2cccc3cccnc23)CC1. The zero-order valence-electron chi connectivity index (χ0n) is 17.0. The van der Waals surface area contributed by atoms with Crippen molar-refractivity contribution in [3.05, 3.63) is 36.5 Å². The summed E-state index contributed by atoms with van der Waals surface area (Å²) in [5, 5.41) is 0.811. The van der Waals surface area contributed by atoms with Crippen LogP contribution in [0.4, 0.5) is 4.79 Å². The molecule has 1 aromatic heterocycles. The summed E-state index contributed by atoms with van der Waals surface area (Å²) in [7, 11) is -3.64. The molecule has 8 heteroatoms. The maximum atomic E-state index is 13.3. The second kappa shape index (κ2) is 7.50. The number of piperidine rings is 1. The van der Waals surface area contributed by atoms with Crippen molar-refractivity contribution in [3.63, 3.8) is 0 Å². The van der Waals surface area contributed by atoms with Gasteiger partial charge in [-0.25, -0.2) is 13.2 Å². The fraction of sp³-hybridized carbons (Fsp3) is 0.545. The molecule has 160 valence electrons. The van der Waals surface area contributed by atoms with Gasteiger partial charge in [-0.15, -0.1) is 0 Å². The molecule has 2 aliphatic heterocycles. The van der Waals surface area contributed by atoms with E-state index in [1.807, 2.05) is 17.0 Å². The summed E-state index contributed by atoms with van der Waals surface area (Å²) >= 11 is 0. The Labute approximate surface area is 177 Å². The summed E-state index contributed by atoms with van der Waals surface area (Å²) in [5.74, 6) is 0. The lowest BCUT2D eigenvalue weighted by Gasteiger charge is -2.36. The molecule has 3 aliphatic rings. The molecule has 0 radical (unpaired) electrons. The highest BCUT2D eigenvalue weighted by atomic mass is 32.2. The number of para-hydroxylation sites is 1. The third kappa shape index (κ3) is 3.36. The van der Waals surface area contributed by atoms with Gasteiger partial charge in [0.1, 0.15) is 10.5 Å².